The molecule has 3 heterocycles. The van der Waals surface area contributed by atoms with E-state index in [0.717, 1.165) is 37.1 Å². The molecule has 1 aromatic heterocycles. The fourth-order valence-electron chi connectivity index (χ4n) is 5.64. The molecule has 2 aliphatic heterocycles. The fourth-order valence-corrected chi connectivity index (χ4v) is 5.64. The lowest BCUT2D eigenvalue weighted by Crippen LogP contribution is -2.43. The number of hydrogen-bond acceptors (Lipinski definition) is 8. The van der Waals surface area contributed by atoms with Crippen molar-refractivity contribution in [1.29, 1.82) is 0 Å². The zero-order chi connectivity index (χ0) is 28.6. The van der Waals surface area contributed by atoms with Crippen LogP contribution in [-0.2, 0) is 9.59 Å². The van der Waals surface area contributed by atoms with Crippen molar-refractivity contribution in [3.05, 3.63) is 65.9 Å². The minimum atomic E-state index is -1.26. The topological polar surface area (TPSA) is 139 Å². The summed E-state index contributed by atoms with van der Waals surface area (Å²) in [7, 11) is 1.60. The van der Waals surface area contributed by atoms with Crippen LogP contribution < -0.4 is 9.47 Å². The van der Waals surface area contributed by atoms with Gasteiger partial charge in [0.05, 0.1) is 19.4 Å². The van der Waals surface area contributed by atoms with E-state index in [2.05, 4.69) is 22.2 Å². The van der Waals surface area contributed by atoms with Crippen LogP contribution in [0.5, 0.6) is 11.5 Å². The van der Waals surface area contributed by atoms with Crippen LogP contribution in [0.2, 0.25) is 0 Å². The normalized spacial score (nSPS) is 20.2. The van der Waals surface area contributed by atoms with Crippen molar-refractivity contribution < 1.29 is 38.6 Å². The van der Waals surface area contributed by atoms with Gasteiger partial charge in [-0.05, 0) is 69.4 Å². The SMILES string of the molecule is COc1cc(C(C)=O)ccc1OCCCN1C2CCC1CC(c1noc3ccccc13)C2.O=C(O)/C=C/C(=O)O. The molecular formula is C30H34N2O8. The van der Waals surface area contributed by atoms with E-state index in [1.165, 1.54) is 18.2 Å². The van der Waals surface area contributed by atoms with Gasteiger partial charge in [0.2, 0.25) is 0 Å². The second-order valence-electron chi connectivity index (χ2n) is 9.99. The summed E-state index contributed by atoms with van der Waals surface area (Å²) in [5.41, 5.74) is 2.66. The molecule has 2 aliphatic rings. The lowest BCUT2D eigenvalue weighted by Gasteiger charge is -2.38. The summed E-state index contributed by atoms with van der Waals surface area (Å²) in [5, 5.41) is 21.2. The average Bonchev–Trinajstić information content (AvgIpc) is 3.47. The molecule has 5 rings (SSSR count). The summed E-state index contributed by atoms with van der Waals surface area (Å²) in [6.45, 7) is 3.22. The summed E-state index contributed by atoms with van der Waals surface area (Å²) in [6, 6.07) is 14.8. The van der Waals surface area contributed by atoms with Gasteiger partial charge in [-0.2, -0.15) is 0 Å². The number of aliphatic carboxylic acids is 2. The summed E-state index contributed by atoms with van der Waals surface area (Å²) >= 11 is 0. The maximum absolute atomic E-state index is 11.6. The molecule has 2 aromatic carbocycles. The van der Waals surface area contributed by atoms with Gasteiger partial charge in [0.15, 0.2) is 22.9 Å². The quantitative estimate of drug-likeness (QED) is 0.203. The number of carboxylic acids is 2. The van der Waals surface area contributed by atoms with Crippen molar-refractivity contribution in [2.75, 3.05) is 20.3 Å². The smallest absolute Gasteiger partial charge is 0.328 e. The first-order valence-electron chi connectivity index (χ1n) is 13.3. The Kier molecular flexibility index (Phi) is 9.55. The number of ether oxygens (including phenoxy) is 2. The Hall–Kier alpha value is -4.18. The number of para-hydroxylation sites is 1. The van der Waals surface area contributed by atoms with Gasteiger partial charge in [-0.15, -0.1) is 0 Å². The van der Waals surface area contributed by atoms with Gasteiger partial charge in [-0.25, -0.2) is 9.59 Å². The van der Waals surface area contributed by atoms with E-state index in [0.29, 0.717) is 53.8 Å². The van der Waals surface area contributed by atoms with Crippen LogP contribution in [0.15, 0.2) is 59.1 Å². The number of piperidine rings is 1. The highest BCUT2D eigenvalue weighted by Gasteiger charge is 2.41. The molecule has 2 saturated heterocycles. The third kappa shape index (κ3) is 7.06. The van der Waals surface area contributed by atoms with Crippen molar-refractivity contribution in [1.82, 2.24) is 10.1 Å². The largest absolute Gasteiger partial charge is 0.493 e. The van der Waals surface area contributed by atoms with Crippen LogP contribution in [0, 0.1) is 0 Å². The molecule has 10 nitrogen and oxygen atoms in total. The first-order chi connectivity index (χ1) is 19.3. The highest BCUT2D eigenvalue weighted by atomic mass is 16.5. The molecule has 2 bridgehead atoms. The van der Waals surface area contributed by atoms with E-state index in [4.69, 9.17) is 24.2 Å². The van der Waals surface area contributed by atoms with Gasteiger partial charge in [-0.1, -0.05) is 17.3 Å². The van der Waals surface area contributed by atoms with Gasteiger partial charge in [0, 0.05) is 47.6 Å². The Morgan fingerprint density at radius 1 is 1.02 bits per heavy atom. The molecule has 0 radical (unpaired) electrons. The second-order valence-corrected chi connectivity index (χ2v) is 9.99. The number of ketones is 1. The standard InChI is InChI=1S/C26H30N2O4.C4H4O4/c1-17(29)18-8-11-24(25(16-18)30-2)31-13-5-12-28-20-9-10-21(28)15-19(14-20)26-22-6-3-4-7-23(22)32-27-26;5-3(6)1-2-4(7)8/h3-4,6-8,11,16,19-21H,5,9-10,12-15H2,1-2H3;1-2H,(H,5,6)(H,7,8)/b;2-1+. The lowest BCUT2D eigenvalue weighted by atomic mass is 9.87. The molecule has 0 aliphatic carbocycles. The van der Waals surface area contributed by atoms with Gasteiger partial charge in [0.1, 0.15) is 0 Å². The van der Waals surface area contributed by atoms with E-state index in [1.54, 1.807) is 26.2 Å². The van der Waals surface area contributed by atoms with Crippen molar-refractivity contribution in [3.8, 4) is 11.5 Å². The molecule has 2 atom stereocenters. The molecule has 212 valence electrons. The molecule has 3 aromatic rings. The lowest BCUT2D eigenvalue weighted by molar-refractivity contribution is -0.134. The van der Waals surface area contributed by atoms with E-state index in [9.17, 15) is 14.4 Å². The van der Waals surface area contributed by atoms with Crippen LogP contribution >= 0.6 is 0 Å². The van der Waals surface area contributed by atoms with Crippen LogP contribution in [0.1, 0.15) is 61.0 Å². The molecule has 2 unspecified atom stereocenters. The molecule has 2 fully saturated rings. The molecule has 0 saturated carbocycles. The Balaban J connectivity index is 0.000000406. The van der Waals surface area contributed by atoms with E-state index in [-0.39, 0.29) is 5.78 Å². The van der Waals surface area contributed by atoms with E-state index >= 15 is 0 Å². The predicted octanol–water partition coefficient (Wildman–Crippen LogP) is 4.93. The highest BCUT2D eigenvalue weighted by Crippen LogP contribution is 2.44. The van der Waals surface area contributed by atoms with Gasteiger partial charge in [0.25, 0.3) is 0 Å². The highest BCUT2D eigenvalue weighted by molar-refractivity contribution is 5.94. The third-order valence-corrected chi connectivity index (χ3v) is 7.43. The minimum absolute atomic E-state index is 0.0207. The summed E-state index contributed by atoms with van der Waals surface area (Å²) in [4.78, 5) is 33.4. The Labute approximate surface area is 232 Å². The minimum Gasteiger partial charge on any atom is -0.493 e. The van der Waals surface area contributed by atoms with Crippen molar-refractivity contribution in [2.24, 2.45) is 0 Å². The maximum atomic E-state index is 11.6. The van der Waals surface area contributed by atoms with Crippen LogP contribution in [0.25, 0.3) is 11.0 Å². The Morgan fingerprint density at radius 2 is 1.70 bits per heavy atom. The zero-order valence-corrected chi connectivity index (χ0v) is 22.6. The summed E-state index contributed by atoms with van der Waals surface area (Å²) in [5.74, 6) is -0.713. The van der Waals surface area contributed by atoms with Crippen molar-refractivity contribution in [2.45, 2.75) is 57.0 Å². The first-order valence-corrected chi connectivity index (χ1v) is 13.3. The number of hydrogen-bond donors (Lipinski definition) is 2. The number of aromatic nitrogens is 1. The van der Waals surface area contributed by atoms with Crippen LogP contribution in [0.4, 0.5) is 0 Å². The first kappa shape index (κ1) is 28.8. The number of carboxylic acid groups (broad SMARTS) is 2. The van der Waals surface area contributed by atoms with Gasteiger partial charge < -0.3 is 24.2 Å². The maximum Gasteiger partial charge on any atom is 0.328 e. The van der Waals surface area contributed by atoms with E-state index < -0.39 is 11.9 Å². The Bertz CT molecular complexity index is 1350. The predicted molar refractivity (Wildman–Crippen MR) is 147 cm³/mol. The van der Waals surface area contributed by atoms with Crippen LogP contribution in [-0.4, -0.2) is 70.3 Å². The molecule has 10 heteroatoms. The number of methoxy groups -OCH3 is 1. The van der Waals surface area contributed by atoms with Gasteiger partial charge >= 0.3 is 11.9 Å². The fraction of sp³-hybridized carbons (Fsp3) is 0.400. The third-order valence-electron chi connectivity index (χ3n) is 7.43. The number of carbonyl (C=O) groups is 3. The van der Waals surface area contributed by atoms with Crippen LogP contribution in [0.3, 0.4) is 0 Å². The number of benzene rings is 2. The molecule has 0 amide bonds. The number of fused-ring (bicyclic) bond motifs is 3. The number of nitrogens with zero attached hydrogens (tertiary/aromatic N) is 2. The van der Waals surface area contributed by atoms with Crippen molar-refractivity contribution in [3.63, 3.8) is 0 Å². The molecule has 2 N–H and O–H groups in total. The summed E-state index contributed by atoms with van der Waals surface area (Å²) < 4.78 is 17.0. The number of Topliss-reactive ketones (excluding diaryl/α,β-unsaturated/α-hetero) is 1. The summed E-state index contributed by atoms with van der Waals surface area (Å²) in [6.07, 6.45) is 6.89. The molecule has 0 spiro atoms. The van der Waals surface area contributed by atoms with E-state index in [1.807, 2.05) is 18.2 Å². The number of rotatable bonds is 10. The molecule has 40 heavy (non-hydrogen) atoms. The zero-order valence-electron chi connectivity index (χ0n) is 22.6. The average molecular weight is 551 g/mol. The number of carbonyl (C=O) groups excluding carboxylic acids is 1. The second kappa shape index (κ2) is 13.3. The molecular weight excluding hydrogens is 516 g/mol. The van der Waals surface area contributed by atoms with Crippen molar-refractivity contribution >= 4 is 28.7 Å². The van der Waals surface area contributed by atoms with Gasteiger partial charge in [-0.3, -0.25) is 9.69 Å². The Morgan fingerprint density at radius 3 is 2.33 bits per heavy atom. The monoisotopic (exact) mass is 550 g/mol.